The van der Waals surface area contributed by atoms with Gasteiger partial charge in [0.05, 0.1) is 0 Å². The first kappa shape index (κ1) is 19.4. The summed E-state index contributed by atoms with van der Waals surface area (Å²) in [6.07, 6.45) is 0.555. The van der Waals surface area contributed by atoms with E-state index in [0.717, 1.165) is 37.3 Å². The van der Waals surface area contributed by atoms with E-state index in [1.54, 1.807) is 17.6 Å². The van der Waals surface area contributed by atoms with Gasteiger partial charge in [-0.1, -0.05) is 54.6 Å². The average Bonchev–Trinajstić information content (AvgIpc) is 3.22. The number of amides is 2. The smallest absolute Gasteiger partial charge is 0.293 e. The van der Waals surface area contributed by atoms with E-state index in [4.69, 9.17) is 5.21 Å². The highest BCUT2D eigenvalue weighted by Crippen LogP contribution is 2.39. The summed E-state index contributed by atoms with van der Waals surface area (Å²) < 4.78 is 1.09. The molecule has 7 heteroatoms. The van der Waals surface area contributed by atoms with Crippen LogP contribution in [0, 0.1) is 0 Å². The average molecular weight is 430 g/mol. The van der Waals surface area contributed by atoms with Crippen molar-refractivity contribution < 1.29 is 14.8 Å². The van der Waals surface area contributed by atoms with Gasteiger partial charge in [0.1, 0.15) is 10.6 Å². The maximum Gasteiger partial charge on any atom is 0.293 e. The number of hydrogen-bond acceptors (Lipinski definition) is 5. The molecule has 2 aromatic carbocycles. The third kappa shape index (κ3) is 3.48. The quantitative estimate of drug-likeness (QED) is 0.376. The lowest BCUT2D eigenvalue weighted by Crippen LogP contribution is -2.36. The molecule has 2 N–H and O–H groups in total. The normalized spacial score (nSPS) is 13.1. The standard InChI is InChI=1S/C24H19N3O3S/c28-23(26-30)19-11-10-16-14-27(13-12-18(16)25-19)24(29)22-21(15-6-2-1-3-7-15)17-8-4-5-9-20(17)31-22/h1-11,30H,12-14H2,(H,26,28). The molecule has 0 saturated carbocycles. The van der Waals surface area contributed by atoms with Crippen molar-refractivity contribution in [1.29, 1.82) is 0 Å². The van der Waals surface area contributed by atoms with Crippen LogP contribution in [0.1, 0.15) is 31.4 Å². The molecule has 3 heterocycles. The van der Waals surface area contributed by atoms with E-state index >= 15 is 0 Å². The molecule has 0 atom stereocenters. The monoisotopic (exact) mass is 429 g/mol. The second-order valence-electron chi connectivity index (χ2n) is 7.39. The minimum atomic E-state index is -0.640. The number of thiophene rings is 1. The molecule has 4 aromatic rings. The predicted molar refractivity (Wildman–Crippen MR) is 119 cm³/mol. The molecule has 6 nitrogen and oxygen atoms in total. The number of hydrogen-bond donors (Lipinski definition) is 2. The highest BCUT2D eigenvalue weighted by Gasteiger charge is 2.27. The Kier molecular flexibility index (Phi) is 4.97. The van der Waals surface area contributed by atoms with Crippen LogP contribution in [0.2, 0.25) is 0 Å². The van der Waals surface area contributed by atoms with Gasteiger partial charge in [-0.25, -0.2) is 10.5 Å². The number of aromatic nitrogens is 1. The SMILES string of the molecule is O=C(NO)c1ccc2c(n1)CCN(C(=O)c1sc3ccccc3c1-c1ccccc1)C2. The Bertz CT molecular complexity index is 1300. The topological polar surface area (TPSA) is 82.5 Å². The van der Waals surface area contributed by atoms with E-state index in [-0.39, 0.29) is 11.6 Å². The van der Waals surface area contributed by atoms with Crippen molar-refractivity contribution in [2.45, 2.75) is 13.0 Å². The molecule has 0 radical (unpaired) electrons. The van der Waals surface area contributed by atoms with Crippen LogP contribution in [0.15, 0.2) is 66.7 Å². The van der Waals surface area contributed by atoms with Gasteiger partial charge in [-0.2, -0.15) is 0 Å². The van der Waals surface area contributed by atoms with Crippen LogP contribution in [0.25, 0.3) is 21.2 Å². The maximum atomic E-state index is 13.6. The van der Waals surface area contributed by atoms with Gasteiger partial charge in [-0.15, -0.1) is 11.3 Å². The minimum absolute atomic E-state index is 0.00267. The van der Waals surface area contributed by atoms with Crippen molar-refractivity contribution in [2.24, 2.45) is 0 Å². The number of carbonyl (C=O) groups is 2. The second-order valence-corrected chi connectivity index (χ2v) is 8.44. The first-order valence-electron chi connectivity index (χ1n) is 9.95. The number of hydroxylamine groups is 1. The summed E-state index contributed by atoms with van der Waals surface area (Å²) in [5.41, 5.74) is 5.47. The first-order chi connectivity index (χ1) is 15.2. The van der Waals surface area contributed by atoms with Crippen LogP contribution in [0.3, 0.4) is 0 Å². The summed E-state index contributed by atoms with van der Waals surface area (Å²) in [6, 6.07) is 21.5. The van der Waals surface area contributed by atoms with E-state index in [9.17, 15) is 9.59 Å². The van der Waals surface area contributed by atoms with Gasteiger partial charge >= 0.3 is 0 Å². The second kappa shape index (κ2) is 7.94. The lowest BCUT2D eigenvalue weighted by atomic mass is 10.0. The van der Waals surface area contributed by atoms with Crippen molar-refractivity contribution in [2.75, 3.05) is 6.54 Å². The molecule has 1 aliphatic rings. The molecule has 0 bridgehead atoms. The van der Waals surface area contributed by atoms with Crippen LogP contribution in [-0.2, 0) is 13.0 Å². The fraction of sp³-hybridized carbons (Fsp3) is 0.125. The van der Waals surface area contributed by atoms with Gasteiger partial charge in [0.15, 0.2) is 0 Å². The summed E-state index contributed by atoms with van der Waals surface area (Å²) in [6.45, 7) is 0.955. The lowest BCUT2D eigenvalue weighted by Gasteiger charge is -2.28. The Balaban J connectivity index is 1.51. The van der Waals surface area contributed by atoms with Crippen LogP contribution in [0.4, 0.5) is 0 Å². The van der Waals surface area contributed by atoms with Gasteiger partial charge in [0.2, 0.25) is 0 Å². The van der Waals surface area contributed by atoms with E-state index in [2.05, 4.69) is 11.1 Å². The van der Waals surface area contributed by atoms with Crippen LogP contribution >= 0.6 is 11.3 Å². The molecule has 0 saturated heterocycles. The molecule has 0 aliphatic carbocycles. The van der Waals surface area contributed by atoms with Crippen LogP contribution in [0.5, 0.6) is 0 Å². The zero-order chi connectivity index (χ0) is 21.4. The molecule has 0 spiro atoms. The Morgan fingerprint density at radius 1 is 1.00 bits per heavy atom. The van der Waals surface area contributed by atoms with Crippen LogP contribution in [-0.4, -0.2) is 33.5 Å². The molecule has 154 valence electrons. The molecular weight excluding hydrogens is 410 g/mol. The van der Waals surface area contributed by atoms with E-state index in [1.165, 1.54) is 11.3 Å². The summed E-state index contributed by atoms with van der Waals surface area (Å²) in [5.74, 6) is -0.637. The largest absolute Gasteiger partial charge is 0.333 e. The Hall–Kier alpha value is -3.55. The first-order valence-corrected chi connectivity index (χ1v) is 10.8. The van der Waals surface area contributed by atoms with Gasteiger partial charge < -0.3 is 4.90 Å². The third-order valence-electron chi connectivity index (χ3n) is 5.52. The maximum absolute atomic E-state index is 13.6. The fourth-order valence-corrected chi connectivity index (χ4v) is 5.20. The van der Waals surface area contributed by atoms with E-state index < -0.39 is 5.91 Å². The molecular formula is C24H19N3O3S. The molecule has 2 aromatic heterocycles. The Morgan fingerprint density at radius 2 is 1.77 bits per heavy atom. The Morgan fingerprint density at radius 3 is 2.58 bits per heavy atom. The fourth-order valence-electron chi connectivity index (χ4n) is 4.00. The number of pyridine rings is 1. The molecule has 31 heavy (non-hydrogen) atoms. The van der Waals surface area contributed by atoms with E-state index in [1.807, 2.05) is 53.4 Å². The Labute approximate surface area is 182 Å². The zero-order valence-electron chi connectivity index (χ0n) is 16.5. The zero-order valence-corrected chi connectivity index (χ0v) is 17.4. The summed E-state index contributed by atoms with van der Waals surface area (Å²) in [5, 5.41) is 9.91. The van der Waals surface area contributed by atoms with Crippen molar-refractivity contribution in [3.63, 3.8) is 0 Å². The van der Waals surface area contributed by atoms with E-state index in [0.29, 0.717) is 19.5 Å². The number of benzene rings is 2. The van der Waals surface area contributed by atoms with Gasteiger partial charge in [-0.3, -0.25) is 14.8 Å². The summed E-state index contributed by atoms with van der Waals surface area (Å²) in [7, 11) is 0. The summed E-state index contributed by atoms with van der Waals surface area (Å²) in [4.78, 5) is 32.2. The number of nitrogens with one attached hydrogen (secondary N) is 1. The van der Waals surface area contributed by atoms with Crippen molar-refractivity contribution in [1.82, 2.24) is 15.4 Å². The number of rotatable bonds is 3. The predicted octanol–water partition coefficient (Wildman–Crippen LogP) is 4.28. The lowest BCUT2D eigenvalue weighted by molar-refractivity contribution is 0.0696. The molecule has 0 fully saturated rings. The van der Waals surface area contributed by atoms with Crippen molar-refractivity contribution in [3.05, 3.63) is 88.6 Å². The molecule has 1 aliphatic heterocycles. The molecule has 2 amide bonds. The minimum Gasteiger partial charge on any atom is -0.333 e. The summed E-state index contributed by atoms with van der Waals surface area (Å²) >= 11 is 1.52. The highest BCUT2D eigenvalue weighted by atomic mass is 32.1. The number of fused-ring (bicyclic) bond motifs is 2. The van der Waals surface area contributed by atoms with Gasteiger partial charge in [0, 0.05) is 40.9 Å². The number of nitrogens with zero attached hydrogens (tertiary/aromatic N) is 2. The third-order valence-corrected chi connectivity index (χ3v) is 6.68. The van der Waals surface area contributed by atoms with Gasteiger partial charge in [0.25, 0.3) is 11.8 Å². The van der Waals surface area contributed by atoms with Gasteiger partial charge in [-0.05, 0) is 23.3 Å². The van der Waals surface area contributed by atoms with Crippen molar-refractivity contribution in [3.8, 4) is 11.1 Å². The van der Waals surface area contributed by atoms with Crippen molar-refractivity contribution >= 4 is 33.2 Å². The molecule has 0 unspecified atom stereocenters. The number of carbonyl (C=O) groups excluding carboxylic acids is 2. The highest BCUT2D eigenvalue weighted by molar-refractivity contribution is 7.21. The molecule has 5 rings (SSSR count). The van der Waals surface area contributed by atoms with Crippen LogP contribution < -0.4 is 5.48 Å².